The van der Waals surface area contributed by atoms with Crippen LogP contribution in [0.5, 0.6) is 5.88 Å². The van der Waals surface area contributed by atoms with Gasteiger partial charge in [-0.15, -0.1) is 10.2 Å². The number of ether oxygens (including phenoxy) is 1. The summed E-state index contributed by atoms with van der Waals surface area (Å²) in [5.41, 5.74) is 2.61. The lowest BCUT2D eigenvalue weighted by molar-refractivity contribution is 0.392. The molecule has 0 saturated heterocycles. The van der Waals surface area contributed by atoms with Crippen molar-refractivity contribution in [3.05, 3.63) is 23.4 Å². The average Bonchev–Trinajstić information content (AvgIpc) is 2.44. The Bertz CT molecular complexity index is 568. The smallest absolute Gasteiger partial charge is 0.233 e. The summed E-state index contributed by atoms with van der Waals surface area (Å²) in [4.78, 5) is 8.93. The highest BCUT2D eigenvalue weighted by atomic mass is 16.5. The largest absolute Gasteiger partial charge is 0.480 e. The maximum Gasteiger partial charge on any atom is 0.233 e. The Morgan fingerprint density at radius 3 is 2.53 bits per heavy atom. The Morgan fingerprint density at radius 1 is 1.16 bits per heavy atom. The molecule has 0 aliphatic heterocycles. The van der Waals surface area contributed by atoms with Gasteiger partial charge in [-0.3, -0.25) is 0 Å². The molecule has 0 aromatic carbocycles. The van der Waals surface area contributed by atoms with Crippen molar-refractivity contribution in [3.63, 3.8) is 0 Å². The standard InChI is InChI=1S/C13H17N5O/c1-5-14-12-8(2)9(3)15-13(16-12)10-6-7-11(19-4)18-17-10/h6-7H,5H2,1-4H3,(H,14,15,16). The number of nitrogens with zero attached hydrogens (tertiary/aromatic N) is 4. The van der Waals surface area contributed by atoms with E-state index < -0.39 is 0 Å². The van der Waals surface area contributed by atoms with E-state index in [0.29, 0.717) is 17.4 Å². The highest BCUT2D eigenvalue weighted by molar-refractivity contribution is 5.56. The molecule has 0 aliphatic rings. The molecule has 1 N–H and O–H groups in total. The van der Waals surface area contributed by atoms with Crippen LogP contribution in [0.25, 0.3) is 11.5 Å². The maximum absolute atomic E-state index is 4.98. The summed E-state index contributed by atoms with van der Waals surface area (Å²) in [6.07, 6.45) is 0. The summed E-state index contributed by atoms with van der Waals surface area (Å²) < 4.78 is 4.98. The van der Waals surface area contributed by atoms with E-state index in [1.807, 2.05) is 20.8 Å². The Kier molecular flexibility index (Phi) is 3.89. The highest BCUT2D eigenvalue weighted by Crippen LogP contribution is 2.20. The molecule has 2 heterocycles. The minimum absolute atomic E-state index is 0.472. The first-order valence-corrected chi connectivity index (χ1v) is 6.13. The lowest BCUT2D eigenvalue weighted by Gasteiger charge is -2.10. The van der Waals surface area contributed by atoms with E-state index in [0.717, 1.165) is 23.6 Å². The van der Waals surface area contributed by atoms with Crippen LogP contribution in [-0.2, 0) is 0 Å². The zero-order valence-corrected chi connectivity index (χ0v) is 11.6. The second-order valence-corrected chi connectivity index (χ2v) is 4.10. The van der Waals surface area contributed by atoms with Gasteiger partial charge in [0.25, 0.3) is 0 Å². The Hall–Kier alpha value is -2.24. The Balaban J connectivity index is 2.43. The predicted molar refractivity (Wildman–Crippen MR) is 73.2 cm³/mol. The summed E-state index contributed by atoms with van der Waals surface area (Å²) in [5.74, 6) is 1.87. The second-order valence-electron chi connectivity index (χ2n) is 4.10. The number of aromatic nitrogens is 4. The summed E-state index contributed by atoms with van der Waals surface area (Å²) >= 11 is 0. The molecule has 0 unspecified atom stereocenters. The molecule has 0 amide bonds. The van der Waals surface area contributed by atoms with Crippen LogP contribution < -0.4 is 10.1 Å². The van der Waals surface area contributed by atoms with Gasteiger partial charge in [-0.1, -0.05) is 0 Å². The molecule has 2 aromatic heterocycles. The first-order valence-electron chi connectivity index (χ1n) is 6.13. The molecular weight excluding hydrogens is 242 g/mol. The highest BCUT2D eigenvalue weighted by Gasteiger charge is 2.10. The van der Waals surface area contributed by atoms with Crippen LogP contribution in [0.2, 0.25) is 0 Å². The fourth-order valence-electron chi connectivity index (χ4n) is 1.63. The Morgan fingerprint density at radius 2 is 1.95 bits per heavy atom. The quantitative estimate of drug-likeness (QED) is 0.905. The van der Waals surface area contributed by atoms with Crippen molar-refractivity contribution in [1.82, 2.24) is 20.2 Å². The molecule has 0 spiro atoms. The number of hydrogen-bond donors (Lipinski definition) is 1. The minimum Gasteiger partial charge on any atom is -0.480 e. The molecule has 0 saturated carbocycles. The third-order valence-corrected chi connectivity index (χ3v) is 2.81. The number of anilines is 1. The van der Waals surface area contributed by atoms with E-state index in [2.05, 4.69) is 25.5 Å². The minimum atomic E-state index is 0.472. The van der Waals surface area contributed by atoms with Crippen molar-refractivity contribution in [2.24, 2.45) is 0 Å². The van der Waals surface area contributed by atoms with Crippen LogP contribution in [0.3, 0.4) is 0 Å². The van der Waals surface area contributed by atoms with E-state index in [9.17, 15) is 0 Å². The van der Waals surface area contributed by atoms with Gasteiger partial charge >= 0.3 is 0 Å². The van der Waals surface area contributed by atoms with Gasteiger partial charge in [0.15, 0.2) is 5.82 Å². The lowest BCUT2D eigenvalue weighted by Crippen LogP contribution is -2.06. The van der Waals surface area contributed by atoms with E-state index >= 15 is 0 Å². The van der Waals surface area contributed by atoms with Crippen LogP contribution in [-0.4, -0.2) is 33.8 Å². The van der Waals surface area contributed by atoms with Crippen LogP contribution in [0.4, 0.5) is 5.82 Å². The van der Waals surface area contributed by atoms with Gasteiger partial charge in [-0.25, -0.2) is 9.97 Å². The first kappa shape index (κ1) is 13.2. The fourth-order valence-corrected chi connectivity index (χ4v) is 1.63. The van der Waals surface area contributed by atoms with Gasteiger partial charge in [0.1, 0.15) is 11.5 Å². The molecule has 100 valence electrons. The number of rotatable bonds is 4. The lowest BCUT2D eigenvalue weighted by atomic mass is 10.2. The van der Waals surface area contributed by atoms with Crippen LogP contribution >= 0.6 is 0 Å². The molecule has 0 bridgehead atoms. The maximum atomic E-state index is 4.98. The third-order valence-electron chi connectivity index (χ3n) is 2.81. The van der Waals surface area contributed by atoms with Gasteiger partial charge in [0, 0.05) is 23.9 Å². The first-order chi connectivity index (χ1) is 9.15. The zero-order chi connectivity index (χ0) is 13.8. The van der Waals surface area contributed by atoms with Gasteiger partial charge in [0.05, 0.1) is 7.11 Å². The van der Waals surface area contributed by atoms with Crippen molar-refractivity contribution >= 4 is 5.82 Å². The monoisotopic (exact) mass is 259 g/mol. The summed E-state index contributed by atoms with van der Waals surface area (Å²) in [6.45, 7) is 6.80. The molecule has 6 heteroatoms. The number of nitrogens with one attached hydrogen (secondary N) is 1. The van der Waals surface area contributed by atoms with Gasteiger partial charge in [-0.05, 0) is 26.8 Å². The van der Waals surface area contributed by atoms with E-state index in [1.165, 1.54) is 0 Å². The van der Waals surface area contributed by atoms with E-state index in [1.54, 1.807) is 19.2 Å². The number of methoxy groups -OCH3 is 1. The number of aryl methyl sites for hydroxylation is 1. The molecule has 19 heavy (non-hydrogen) atoms. The van der Waals surface area contributed by atoms with Crippen molar-refractivity contribution in [2.75, 3.05) is 19.0 Å². The van der Waals surface area contributed by atoms with Crippen LogP contribution in [0.15, 0.2) is 12.1 Å². The normalized spacial score (nSPS) is 10.3. The molecule has 6 nitrogen and oxygen atoms in total. The summed E-state index contributed by atoms with van der Waals surface area (Å²) in [5, 5.41) is 11.2. The molecule has 2 aromatic rings. The zero-order valence-electron chi connectivity index (χ0n) is 11.6. The van der Waals surface area contributed by atoms with Crippen molar-refractivity contribution in [3.8, 4) is 17.4 Å². The molecule has 0 fully saturated rings. The van der Waals surface area contributed by atoms with Gasteiger partial charge < -0.3 is 10.1 Å². The molecule has 0 atom stereocenters. The summed E-state index contributed by atoms with van der Waals surface area (Å²) in [6, 6.07) is 3.54. The van der Waals surface area contributed by atoms with Crippen molar-refractivity contribution in [2.45, 2.75) is 20.8 Å². The van der Waals surface area contributed by atoms with Gasteiger partial charge in [-0.2, -0.15) is 0 Å². The molecule has 0 radical (unpaired) electrons. The van der Waals surface area contributed by atoms with E-state index in [-0.39, 0.29) is 0 Å². The predicted octanol–water partition coefficient (Wildman–Crippen LogP) is 1.99. The molecular formula is C13H17N5O. The second kappa shape index (κ2) is 5.60. The van der Waals surface area contributed by atoms with Crippen molar-refractivity contribution < 1.29 is 4.74 Å². The average molecular weight is 259 g/mol. The van der Waals surface area contributed by atoms with Gasteiger partial charge in [0.2, 0.25) is 5.88 Å². The fraction of sp³-hybridized carbons (Fsp3) is 0.385. The third kappa shape index (κ3) is 2.78. The van der Waals surface area contributed by atoms with Crippen LogP contribution in [0, 0.1) is 13.8 Å². The summed E-state index contributed by atoms with van der Waals surface area (Å²) in [7, 11) is 1.56. The molecule has 2 rings (SSSR count). The van der Waals surface area contributed by atoms with Crippen molar-refractivity contribution in [1.29, 1.82) is 0 Å². The van der Waals surface area contributed by atoms with Crippen LogP contribution in [0.1, 0.15) is 18.2 Å². The SMILES string of the molecule is CCNc1nc(-c2ccc(OC)nn2)nc(C)c1C. The van der Waals surface area contributed by atoms with E-state index in [4.69, 9.17) is 4.74 Å². The number of hydrogen-bond acceptors (Lipinski definition) is 6. The Labute approximate surface area is 112 Å². The molecule has 0 aliphatic carbocycles. The topological polar surface area (TPSA) is 72.8 Å².